The van der Waals surface area contributed by atoms with Crippen molar-refractivity contribution >= 4 is 52.9 Å². The number of carbonyl (C=O) groups is 4. The summed E-state index contributed by atoms with van der Waals surface area (Å²) in [4.78, 5) is 52.0. The predicted octanol–water partition coefficient (Wildman–Crippen LogP) is 6.78. The van der Waals surface area contributed by atoms with E-state index in [1.54, 1.807) is 79.7 Å². The summed E-state index contributed by atoms with van der Waals surface area (Å²) in [7, 11) is 0. The average molecular weight is 608 g/mol. The minimum absolute atomic E-state index is 0.0860. The first-order valence-corrected chi connectivity index (χ1v) is 15.0. The molecular formula is C35H33N3O5S. The van der Waals surface area contributed by atoms with Crippen molar-refractivity contribution in [3.8, 4) is 0 Å². The Kier molecular flexibility index (Phi) is 11.5. The summed E-state index contributed by atoms with van der Waals surface area (Å²) in [6, 6.07) is 31.6. The van der Waals surface area contributed by atoms with Crippen LogP contribution in [0.15, 0.2) is 120 Å². The largest absolute Gasteiger partial charge is 0.462 e. The standard InChI is InChI=1S/C35H33N3O5S/c1-3-31(34(41)36-27-20-18-26(19-21-27)35(42)43-4-2)44-29-17-11-16-28(23-29)37-33(40)30(22-24-12-7-5-8-13-24)38-32(39)25-14-9-6-10-15-25/h5-23,31H,3-4H2,1-2H3,(H,36,41)(H,37,40)(H,38,39)/b30-22-. The summed E-state index contributed by atoms with van der Waals surface area (Å²) in [6.07, 6.45) is 2.18. The van der Waals surface area contributed by atoms with Gasteiger partial charge in [-0.3, -0.25) is 14.4 Å². The fourth-order valence-corrected chi connectivity index (χ4v) is 5.13. The Morgan fingerprint density at radius 1 is 0.750 bits per heavy atom. The molecule has 0 aliphatic rings. The number of hydrogen-bond acceptors (Lipinski definition) is 6. The van der Waals surface area contributed by atoms with Crippen molar-refractivity contribution in [2.75, 3.05) is 17.2 Å². The zero-order chi connectivity index (χ0) is 31.3. The highest BCUT2D eigenvalue weighted by Crippen LogP contribution is 2.29. The number of thioether (sulfide) groups is 1. The second kappa shape index (κ2) is 15.9. The van der Waals surface area contributed by atoms with Crippen molar-refractivity contribution in [2.45, 2.75) is 30.4 Å². The monoisotopic (exact) mass is 607 g/mol. The summed E-state index contributed by atoms with van der Waals surface area (Å²) in [5.41, 5.74) is 2.75. The lowest BCUT2D eigenvalue weighted by molar-refractivity contribution is -0.116. The van der Waals surface area contributed by atoms with Crippen LogP contribution < -0.4 is 16.0 Å². The third kappa shape index (κ3) is 9.17. The smallest absolute Gasteiger partial charge is 0.338 e. The van der Waals surface area contributed by atoms with Gasteiger partial charge in [0.15, 0.2) is 0 Å². The number of benzene rings is 4. The molecule has 4 aromatic rings. The molecule has 0 spiro atoms. The minimum Gasteiger partial charge on any atom is -0.462 e. The van der Waals surface area contributed by atoms with E-state index < -0.39 is 23.0 Å². The van der Waals surface area contributed by atoms with Crippen LogP contribution in [0.5, 0.6) is 0 Å². The second-order valence-electron chi connectivity index (χ2n) is 9.57. The molecule has 0 heterocycles. The fraction of sp³-hybridized carbons (Fsp3) is 0.143. The summed E-state index contributed by atoms with van der Waals surface area (Å²) in [6.45, 7) is 3.95. The van der Waals surface area contributed by atoms with Crippen LogP contribution in [0.2, 0.25) is 0 Å². The van der Waals surface area contributed by atoms with Crippen molar-refractivity contribution in [3.05, 3.63) is 132 Å². The van der Waals surface area contributed by atoms with Crippen LogP contribution in [0, 0.1) is 0 Å². The molecule has 1 unspecified atom stereocenters. The Morgan fingerprint density at radius 2 is 1.43 bits per heavy atom. The summed E-state index contributed by atoms with van der Waals surface area (Å²) in [5, 5.41) is 8.09. The van der Waals surface area contributed by atoms with Gasteiger partial charge in [0.25, 0.3) is 11.8 Å². The molecule has 0 fully saturated rings. The molecule has 9 heteroatoms. The first kappa shape index (κ1) is 31.8. The quantitative estimate of drug-likeness (QED) is 0.0929. The normalized spacial score (nSPS) is 11.6. The maximum absolute atomic E-state index is 13.4. The van der Waals surface area contributed by atoms with Crippen LogP contribution in [-0.4, -0.2) is 35.5 Å². The molecule has 1 atom stereocenters. The molecule has 4 aromatic carbocycles. The second-order valence-corrected chi connectivity index (χ2v) is 10.8. The van der Waals surface area contributed by atoms with Crippen LogP contribution in [0.1, 0.15) is 46.5 Å². The van der Waals surface area contributed by atoms with Crippen molar-refractivity contribution in [2.24, 2.45) is 0 Å². The van der Waals surface area contributed by atoms with Crippen LogP contribution in [-0.2, 0) is 14.3 Å². The highest BCUT2D eigenvalue weighted by Gasteiger charge is 2.20. The number of nitrogens with one attached hydrogen (secondary N) is 3. The maximum atomic E-state index is 13.4. The van der Waals surface area contributed by atoms with E-state index >= 15 is 0 Å². The molecule has 0 aliphatic carbocycles. The van der Waals surface area contributed by atoms with Gasteiger partial charge in [0.05, 0.1) is 17.4 Å². The fourth-order valence-electron chi connectivity index (χ4n) is 4.12. The minimum atomic E-state index is -0.490. The van der Waals surface area contributed by atoms with Gasteiger partial charge in [-0.25, -0.2) is 4.79 Å². The number of anilines is 2. The van der Waals surface area contributed by atoms with Gasteiger partial charge in [0, 0.05) is 21.8 Å². The topological polar surface area (TPSA) is 114 Å². The maximum Gasteiger partial charge on any atom is 0.338 e. The molecule has 4 rings (SSSR count). The lowest BCUT2D eigenvalue weighted by Crippen LogP contribution is -2.30. The van der Waals surface area contributed by atoms with E-state index in [-0.39, 0.29) is 18.2 Å². The number of amides is 3. The molecule has 224 valence electrons. The Morgan fingerprint density at radius 3 is 2.09 bits per heavy atom. The SMILES string of the molecule is CCOC(=O)c1ccc(NC(=O)C(CC)Sc2cccc(NC(=O)/C(=C/c3ccccc3)NC(=O)c3ccccc3)c2)cc1. The Balaban J connectivity index is 1.44. The molecule has 3 amide bonds. The molecule has 0 aliphatic heterocycles. The first-order chi connectivity index (χ1) is 21.4. The number of hydrogen-bond donors (Lipinski definition) is 3. The summed E-state index contributed by atoms with van der Waals surface area (Å²) >= 11 is 1.37. The number of carbonyl (C=O) groups excluding carboxylic acids is 4. The van der Waals surface area contributed by atoms with Gasteiger partial charge in [-0.1, -0.05) is 61.5 Å². The van der Waals surface area contributed by atoms with Crippen molar-refractivity contribution in [3.63, 3.8) is 0 Å². The average Bonchev–Trinajstić information content (AvgIpc) is 3.04. The van der Waals surface area contributed by atoms with E-state index in [9.17, 15) is 19.2 Å². The van der Waals surface area contributed by atoms with Gasteiger partial charge in [-0.2, -0.15) is 0 Å². The third-order valence-electron chi connectivity index (χ3n) is 6.34. The molecule has 0 bridgehead atoms. The van der Waals surface area contributed by atoms with Gasteiger partial charge in [-0.05, 0) is 79.6 Å². The van der Waals surface area contributed by atoms with E-state index in [2.05, 4.69) is 16.0 Å². The van der Waals surface area contributed by atoms with E-state index in [1.165, 1.54) is 11.8 Å². The van der Waals surface area contributed by atoms with Crippen LogP contribution in [0.3, 0.4) is 0 Å². The Hall–Kier alpha value is -5.15. The third-order valence-corrected chi connectivity index (χ3v) is 7.69. The van der Waals surface area contributed by atoms with Crippen molar-refractivity contribution in [1.82, 2.24) is 5.32 Å². The number of esters is 1. The van der Waals surface area contributed by atoms with E-state index in [4.69, 9.17) is 4.74 Å². The van der Waals surface area contributed by atoms with Gasteiger partial charge in [0.1, 0.15) is 5.70 Å². The van der Waals surface area contributed by atoms with Gasteiger partial charge in [0.2, 0.25) is 5.91 Å². The summed E-state index contributed by atoms with van der Waals surface area (Å²) in [5.74, 6) is -1.50. The molecule has 3 N–H and O–H groups in total. The van der Waals surface area contributed by atoms with Gasteiger partial charge in [-0.15, -0.1) is 11.8 Å². The highest BCUT2D eigenvalue weighted by atomic mass is 32.2. The van der Waals surface area contributed by atoms with E-state index in [0.717, 1.165) is 10.5 Å². The van der Waals surface area contributed by atoms with Crippen LogP contribution in [0.4, 0.5) is 11.4 Å². The molecule has 0 radical (unpaired) electrons. The lowest BCUT2D eigenvalue weighted by atomic mass is 10.1. The zero-order valence-electron chi connectivity index (χ0n) is 24.4. The predicted molar refractivity (Wildman–Crippen MR) is 174 cm³/mol. The van der Waals surface area contributed by atoms with E-state index in [0.29, 0.717) is 28.9 Å². The molecule has 0 saturated heterocycles. The van der Waals surface area contributed by atoms with E-state index in [1.807, 2.05) is 49.4 Å². The van der Waals surface area contributed by atoms with Crippen molar-refractivity contribution in [1.29, 1.82) is 0 Å². The Bertz CT molecular complexity index is 1620. The lowest BCUT2D eigenvalue weighted by Gasteiger charge is -2.16. The highest BCUT2D eigenvalue weighted by molar-refractivity contribution is 8.00. The zero-order valence-corrected chi connectivity index (χ0v) is 25.2. The summed E-state index contributed by atoms with van der Waals surface area (Å²) < 4.78 is 5.00. The molecule has 8 nitrogen and oxygen atoms in total. The Labute approximate surface area is 260 Å². The number of ether oxygens (including phenoxy) is 1. The van der Waals surface area contributed by atoms with Gasteiger partial charge >= 0.3 is 5.97 Å². The molecule has 0 saturated carbocycles. The van der Waals surface area contributed by atoms with Crippen molar-refractivity contribution < 1.29 is 23.9 Å². The van der Waals surface area contributed by atoms with Gasteiger partial charge < -0.3 is 20.7 Å². The molecule has 44 heavy (non-hydrogen) atoms. The van der Waals surface area contributed by atoms with Crippen LogP contribution >= 0.6 is 11.8 Å². The number of rotatable bonds is 12. The van der Waals surface area contributed by atoms with Crippen LogP contribution in [0.25, 0.3) is 6.08 Å². The molecule has 0 aromatic heterocycles. The first-order valence-electron chi connectivity index (χ1n) is 14.2. The molecular weight excluding hydrogens is 574 g/mol.